The third kappa shape index (κ3) is 5.23. The predicted molar refractivity (Wildman–Crippen MR) is 122 cm³/mol. The lowest BCUT2D eigenvalue weighted by atomic mass is 10.1. The number of esters is 1. The number of hydrogen-bond acceptors (Lipinski definition) is 6. The Balaban J connectivity index is 1.28. The van der Waals surface area contributed by atoms with Crippen LogP contribution in [0.4, 0.5) is 0 Å². The molecule has 1 fully saturated rings. The maximum atomic E-state index is 12.6. The van der Waals surface area contributed by atoms with Crippen LogP contribution in [0, 0.1) is 6.92 Å². The Bertz CT molecular complexity index is 1120. The average Bonchev–Trinajstić information content (AvgIpc) is 3.23. The molecule has 1 saturated heterocycles. The molecule has 1 unspecified atom stereocenters. The van der Waals surface area contributed by atoms with Crippen molar-refractivity contribution in [2.24, 2.45) is 0 Å². The molecule has 7 nitrogen and oxygen atoms in total. The van der Waals surface area contributed by atoms with Crippen LogP contribution in [0.2, 0.25) is 0 Å². The fourth-order valence-corrected chi connectivity index (χ4v) is 3.99. The molecule has 3 aromatic rings. The number of benzene rings is 2. The van der Waals surface area contributed by atoms with Gasteiger partial charge in [0.1, 0.15) is 5.75 Å². The summed E-state index contributed by atoms with van der Waals surface area (Å²) in [6, 6.07) is 17.5. The number of rotatable bonds is 7. The van der Waals surface area contributed by atoms with Gasteiger partial charge in [-0.25, -0.2) is 4.79 Å². The van der Waals surface area contributed by atoms with Crippen LogP contribution in [-0.4, -0.2) is 54.6 Å². The summed E-state index contributed by atoms with van der Waals surface area (Å²) in [6.07, 6.45) is 0.879. The highest BCUT2D eigenvalue weighted by Crippen LogP contribution is 2.22. The maximum absolute atomic E-state index is 12.6. The summed E-state index contributed by atoms with van der Waals surface area (Å²) in [5.74, 6) is -0.147. The number of carbonyl (C=O) groups is 2. The first-order valence-electron chi connectivity index (χ1n) is 10.7. The average molecular weight is 434 g/mol. The van der Waals surface area contributed by atoms with Crippen LogP contribution in [-0.2, 0) is 16.1 Å². The van der Waals surface area contributed by atoms with E-state index in [4.69, 9.17) is 9.47 Å². The van der Waals surface area contributed by atoms with Crippen molar-refractivity contribution in [2.75, 3.05) is 26.8 Å². The summed E-state index contributed by atoms with van der Waals surface area (Å²) >= 11 is 0. The molecule has 0 spiro atoms. The Morgan fingerprint density at radius 3 is 2.75 bits per heavy atom. The van der Waals surface area contributed by atoms with E-state index < -0.39 is 5.97 Å². The van der Waals surface area contributed by atoms with Gasteiger partial charge >= 0.3 is 5.97 Å². The van der Waals surface area contributed by atoms with E-state index in [0.717, 1.165) is 37.0 Å². The number of aryl methyl sites for hydroxylation is 1. The number of amides is 1. The van der Waals surface area contributed by atoms with E-state index in [1.165, 1.54) is 5.56 Å². The molecular weight excluding hydrogens is 406 g/mol. The zero-order chi connectivity index (χ0) is 22.5. The minimum atomic E-state index is -0.556. The number of ether oxygens (including phenoxy) is 2. The van der Waals surface area contributed by atoms with Crippen LogP contribution in [0.3, 0.4) is 0 Å². The van der Waals surface area contributed by atoms with Crippen molar-refractivity contribution >= 4 is 22.8 Å². The number of nitrogens with one attached hydrogen (secondary N) is 1. The number of nitrogens with zero attached hydrogens (tertiary/aromatic N) is 2. The first-order chi connectivity index (χ1) is 15.5. The van der Waals surface area contributed by atoms with Crippen molar-refractivity contribution in [2.45, 2.75) is 25.9 Å². The SMILES string of the molecule is COc1ccc2cc(C(=O)OCC(=O)NC3CCN(Cc4ccccc4)C3)c(C)nc2c1. The molecule has 0 aliphatic carbocycles. The smallest absolute Gasteiger partial charge is 0.340 e. The molecule has 2 heterocycles. The van der Waals surface area contributed by atoms with Gasteiger partial charge in [-0.3, -0.25) is 14.7 Å². The van der Waals surface area contributed by atoms with Crippen molar-refractivity contribution in [1.29, 1.82) is 0 Å². The number of likely N-dealkylation sites (tertiary alicyclic amines) is 1. The normalized spacial score (nSPS) is 16.1. The van der Waals surface area contributed by atoms with Gasteiger partial charge in [-0.2, -0.15) is 0 Å². The van der Waals surface area contributed by atoms with Gasteiger partial charge in [-0.15, -0.1) is 0 Å². The maximum Gasteiger partial charge on any atom is 0.340 e. The standard InChI is InChI=1S/C25H27N3O4/c1-17-22(12-19-8-9-21(31-2)13-23(19)26-17)25(30)32-16-24(29)27-20-10-11-28(15-20)14-18-6-4-3-5-7-18/h3-9,12-13,20H,10-11,14-16H2,1-2H3,(H,27,29). The molecule has 0 bridgehead atoms. The molecule has 1 aromatic heterocycles. The van der Waals surface area contributed by atoms with Crippen LogP contribution >= 0.6 is 0 Å². The summed E-state index contributed by atoms with van der Waals surface area (Å²) in [7, 11) is 1.59. The predicted octanol–water partition coefficient (Wildman–Crippen LogP) is 3.10. The largest absolute Gasteiger partial charge is 0.497 e. The van der Waals surface area contributed by atoms with Crippen LogP contribution in [0.5, 0.6) is 5.75 Å². The van der Waals surface area contributed by atoms with Gasteiger partial charge < -0.3 is 14.8 Å². The topological polar surface area (TPSA) is 80.8 Å². The highest BCUT2D eigenvalue weighted by Gasteiger charge is 2.24. The van der Waals surface area contributed by atoms with Crippen LogP contribution in [0.15, 0.2) is 54.6 Å². The Hall–Kier alpha value is -3.45. The monoisotopic (exact) mass is 433 g/mol. The summed E-state index contributed by atoms with van der Waals surface area (Å²) < 4.78 is 10.5. The van der Waals surface area contributed by atoms with E-state index in [1.54, 1.807) is 20.1 Å². The van der Waals surface area contributed by atoms with Crippen molar-refractivity contribution in [3.05, 3.63) is 71.4 Å². The highest BCUT2D eigenvalue weighted by molar-refractivity contribution is 5.96. The van der Waals surface area contributed by atoms with Gasteiger partial charge in [0.25, 0.3) is 5.91 Å². The minimum absolute atomic E-state index is 0.0592. The Labute approximate surface area is 187 Å². The number of aromatic nitrogens is 1. The highest BCUT2D eigenvalue weighted by atomic mass is 16.5. The lowest BCUT2D eigenvalue weighted by Crippen LogP contribution is -2.39. The zero-order valence-corrected chi connectivity index (χ0v) is 18.3. The second-order valence-corrected chi connectivity index (χ2v) is 8.03. The van der Waals surface area contributed by atoms with E-state index in [9.17, 15) is 9.59 Å². The van der Waals surface area contributed by atoms with Crippen molar-refractivity contribution in [3.63, 3.8) is 0 Å². The fraction of sp³-hybridized carbons (Fsp3) is 0.320. The van der Waals surface area contributed by atoms with Crippen molar-refractivity contribution in [3.8, 4) is 5.75 Å². The van der Waals surface area contributed by atoms with E-state index in [2.05, 4.69) is 27.3 Å². The summed E-state index contributed by atoms with van der Waals surface area (Å²) in [5.41, 5.74) is 2.89. The van der Waals surface area contributed by atoms with Gasteiger partial charge in [0, 0.05) is 37.1 Å². The molecule has 1 aliphatic rings. The summed E-state index contributed by atoms with van der Waals surface area (Å²) in [5, 5.41) is 3.77. The molecule has 0 saturated carbocycles. The molecule has 1 amide bonds. The lowest BCUT2D eigenvalue weighted by molar-refractivity contribution is -0.124. The molecule has 2 aromatic carbocycles. The minimum Gasteiger partial charge on any atom is -0.497 e. The van der Waals surface area contributed by atoms with E-state index in [0.29, 0.717) is 17.0 Å². The number of carbonyl (C=O) groups excluding carboxylic acids is 2. The quantitative estimate of drug-likeness (QED) is 0.577. The van der Waals surface area contributed by atoms with Crippen molar-refractivity contribution < 1.29 is 19.1 Å². The number of methoxy groups -OCH3 is 1. The van der Waals surface area contributed by atoms with Gasteiger partial charge in [-0.1, -0.05) is 30.3 Å². The second-order valence-electron chi connectivity index (χ2n) is 8.03. The van der Waals surface area contributed by atoms with Crippen LogP contribution < -0.4 is 10.1 Å². The van der Waals surface area contributed by atoms with Gasteiger partial charge in [0.2, 0.25) is 0 Å². The lowest BCUT2D eigenvalue weighted by Gasteiger charge is -2.17. The molecule has 4 rings (SSSR count). The van der Waals surface area contributed by atoms with Gasteiger partial charge in [0.05, 0.1) is 23.9 Å². The Kier molecular flexibility index (Phi) is 6.66. The van der Waals surface area contributed by atoms with E-state index in [1.807, 2.05) is 36.4 Å². The fourth-order valence-electron chi connectivity index (χ4n) is 3.99. The first kappa shape index (κ1) is 21.8. The Morgan fingerprint density at radius 2 is 1.97 bits per heavy atom. The summed E-state index contributed by atoms with van der Waals surface area (Å²) in [4.78, 5) is 31.7. The third-order valence-corrected chi connectivity index (χ3v) is 5.66. The molecule has 32 heavy (non-hydrogen) atoms. The van der Waals surface area contributed by atoms with E-state index >= 15 is 0 Å². The molecule has 1 aliphatic heterocycles. The Morgan fingerprint density at radius 1 is 1.16 bits per heavy atom. The molecule has 166 valence electrons. The number of pyridine rings is 1. The first-order valence-corrected chi connectivity index (χ1v) is 10.7. The van der Waals surface area contributed by atoms with Crippen LogP contribution in [0.25, 0.3) is 10.9 Å². The van der Waals surface area contributed by atoms with Crippen molar-refractivity contribution in [1.82, 2.24) is 15.2 Å². The molecule has 1 atom stereocenters. The molecule has 0 radical (unpaired) electrons. The number of fused-ring (bicyclic) bond motifs is 1. The second kappa shape index (κ2) is 9.78. The zero-order valence-electron chi connectivity index (χ0n) is 18.3. The van der Waals surface area contributed by atoms with Gasteiger partial charge in [-0.05, 0) is 37.1 Å². The van der Waals surface area contributed by atoms with Gasteiger partial charge in [0.15, 0.2) is 6.61 Å². The molecular formula is C25H27N3O4. The molecule has 1 N–H and O–H groups in total. The summed E-state index contributed by atoms with van der Waals surface area (Å²) in [6.45, 7) is 4.00. The van der Waals surface area contributed by atoms with E-state index in [-0.39, 0.29) is 18.6 Å². The third-order valence-electron chi connectivity index (χ3n) is 5.66. The number of hydrogen-bond donors (Lipinski definition) is 1. The molecule has 7 heteroatoms. The van der Waals surface area contributed by atoms with Crippen LogP contribution in [0.1, 0.15) is 28.0 Å².